The maximum atomic E-state index is 12.2. The van der Waals surface area contributed by atoms with Gasteiger partial charge in [0.25, 0.3) is 11.8 Å². The Morgan fingerprint density at radius 1 is 0.793 bits per heavy atom. The van der Waals surface area contributed by atoms with Gasteiger partial charge in [0, 0.05) is 25.9 Å². The van der Waals surface area contributed by atoms with Crippen LogP contribution >= 0.6 is 0 Å². The molecule has 1 heterocycles. The van der Waals surface area contributed by atoms with Gasteiger partial charge in [-0.2, -0.15) is 0 Å². The van der Waals surface area contributed by atoms with Gasteiger partial charge in [0.2, 0.25) is 5.91 Å². The highest BCUT2D eigenvalue weighted by atomic mass is 16.4. The summed E-state index contributed by atoms with van der Waals surface area (Å²) in [7, 11) is 0. The minimum Gasteiger partial charge on any atom is -0.481 e. The van der Waals surface area contributed by atoms with E-state index in [4.69, 9.17) is 5.11 Å². The Kier molecular flexibility index (Phi) is 9.34. The molecule has 0 aliphatic carbocycles. The summed E-state index contributed by atoms with van der Waals surface area (Å²) in [6, 6.07) is 6.71. The van der Waals surface area contributed by atoms with E-state index < -0.39 is 5.97 Å². The van der Waals surface area contributed by atoms with Crippen molar-refractivity contribution in [3.63, 3.8) is 0 Å². The lowest BCUT2D eigenvalue weighted by Gasteiger charge is -2.13. The molecule has 0 saturated carbocycles. The van der Waals surface area contributed by atoms with E-state index in [0.717, 1.165) is 56.3 Å². The van der Waals surface area contributed by atoms with Gasteiger partial charge in [-0.15, -0.1) is 0 Å². The van der Waals surface area contributed by atoms with Crippen LogP contribution in [0.25, 0.3) is 0 Å². The fourth-order valence-corrected chi connectivity index (χ4v) is 3.43. The summed E-state index contributed by atoms with van der Waals surface area (Å²) in [6.45, 7) is 0.694. The zero-order valence-corrected chi connectivity index (χ0v) is 16.8. The summed E-state index contributed by atoms with van der Waals surface area (Å²) >= 11 is 0. The molecule has 1 aromatic rings. The number of unbranched alkanes of at least 4 members (excludes halogenated alkanes) is 7. The van der Waals surface area contributed by atoms with Crippen molar-refractivity contribution in [2.75, 3.05) is 13.1 Å². The second-order valence-electron chi connectivity index (χ2n) is 7.38. The summed E-state index contributed by atoms with van der Waals surface area (Å²) in [6.07, 6.45) is 8.44. The fraction of sp³-hybridized carbons (Fsp3) is 0.545. The molecule has 0 unspecified atom stereocenters. The largest absolute Gasteiger partial charge is 0.481 e. The first kappa shape index (κ1) is 22.6. The number of imide groups is 1. The summed E-state index contributed by atoms with van der Waals surface area (Å²) < 4.78 is 0. The molecule has 0 saturated heterocycles. The molecule has 0 bridgehead atoms. The first-order chi connectivity index (χ1) is 14.0. The molecule has 158 valence electrons. The SMILES string of the molecule is O=C(O)CCCCCCCCCCNC(=O)CCN1C(=O)c2ccccc2C1=O. The highest BCUT2D eigenvalue weighted by Crippen LogP contribution is 2.22. The minimum atomic E-state index is -0.726. The molecule has 7 nitrogen and oxygen atoms in total. The number of amides is 3. The van der Waals surface area contributed by atoms with E-state index in [9.17, 15) is 19.2 Å². The fourth-order valence-electron chi connectivity index (χ4n) is 3.43. The number of hydrogen-bond acceptors (Lipinski definition) is 4. The van der Waals surface area contributed by atoms with E-state index in [1.54, 1.807) is 24.3 Å². The number of benzene rings is 1. The Morgan fingerprint density at radius 2 is 1.31 bits per heavy atom. The number of hydrogen-bond donors (Lipinski definition) is 2. The van der Waals surface area contributed by atoms with Gasteiger partial charge in [0.05, 0.1) is 11.1 Å². The van der Waals surface area contributed by atoms with Crippen molar-refractivity contribution in [3.8, 4) is 0 Å². The Bertz CT molecular complexity index is 697. The number of carboxylic acid groups (broad SMARTS) is 1. The molecule has 0 atom stereocenters. The van der Waals surface area contributed by atoms with E-state index in [0.29, 0.717) is 17.7 Å². The van der Waals surface area contributed by atoms with Crippen LogP contribution in [-0.2, 0) is 9.59 Å². The molecule has 0 aromatic heterocycles. The second-order valence-corrected chi connectivity index (χ2v) is 7.38. The van der Waals surface area contributed by atoms with Gasteiger partial charge >= 0.3 is 5.97 Å². The van der Waals surface area contributed by atoms with E-state index in [2.05, 4.69) is 5.32 Å². The summed E-state index contributed by atoms with van der Waals surface area (Å²) in [5.74, 6) is -1.54. The molecule has 1 aliphatic rings. The van der Waals surface area contributed by atoms with Crippen molar-refractivity contribution in [1.82, 2.24) is 10.2 Å². The van der Waals surface area contributed by atoms with Crippen LogP contribution in [0.3, 0.4) is 0 Å². The number of carbonyl (C=O) groups is 4. The smallest absolute Gasteiger partial charge is 0.303 e. The van der Waals surface area contributed by atoms with E-state index in [-0.39, 0.29) is 37.1 Å². The molecular weight excluding hydrogens is 372 g/mol. The Hall–Kier alpha value is -2.70. The molecule has 2 rings (SSSR count). The molecule has 29 heavy (non-hydrogen) atoms. The normalized spacial score (nSPS) is 12.9. The number of carbonyl (C=O) groups excluding carboxylic acids is 3. The topological polar surface area (TPSA) is 104 Å². The standard InChI is InChI=1S/C22H30N2O5/c25-19(23-15-10-6-4-2-1-3-5-7-13-20(26)27)14-16-24-21(28)17-11-8-9-12-18(17)22(24)29/h8-9,11-12H,1-7,10,13-16H2,(H,23,25)(H,26,27). The van der Waals surface area contributed by atoms with Crippen molar-refractivity contribution in [1.29, 1.82) is 0 Å². The average molecular weight is 402 g/mol. The molecule has 7 heteroatoms. The van der Waals surface area contributed by atoms with E-state index >= 15 is 0 Å². The number of rotatable bonds is 14. The lowest BCUT2D eigenvalue weighted by molar-refractivity contribution is -0.137. The molecule has 1 aliphatic heterocycles. The first-order valence-corrected chi connectivity index (χ1v) is 10.4. The summed E-state index contributed by atoms with van der Waals surface area (Å²) in [5.41, 5.74) is 0.805. The molecule has 0 fully saturated rings. The van der Waals surface area contributed by atoms with Gasteiger partial charge < -0.3 is 10.4 Å². The second kappa shape index (κ2) is 12.0. The quantitative estimate of drug-likeness (QED) is 0.367. The molecule has 2 N–H and O–H groups in total. The number of fused-ring (bicyclic) bond motifs is 1. The number of aliphatic carboxylic acids is 1. The van der Waals surface area contributed by atoms with Crippen LogP contribution in [0.5, 0.6) is 0 Å². The number of nitrogens with zero attached hydrogens (tertiary/aromatic N) is 1. The van der Waals surface area contributed by atoms with Gasteiger partial charge in [-0.1, -0.05) is 50.7 Å². The first-order valence-electron chi connectivity index (χ1n) is 10.4. The number of nitrogens with one attached hydrogen (secondary N) is 1. The summed E-state index contributed by atoms with van der Waals surface area (Å²) in [4.78, 5) is 48.0. The third-order valence-electron chi connectivity index (χ3n) is 5.08. The molecular formula is C22H30N2O5. The van der Waals surface area contributed by atoms with Crippen molar-refractivity contribution >= 4 is 23.7 Å². The van der Waals surface area contributed by atoms with Crippen LogP contribution in [0.2, 0.25) is 0 Å². The molecule has 0 radical (unpaired) electrons. The maximum absolute atomic E-state index is 12.2. The molecule has 3 amide bonds. The molecule has 1 aromatic carbocycles. The van der Waals surface area contributed by atoms with Gasteiger partial charge in [-0.05, 0) is 25.0 Å². The van der Waals surface area contributed by atoms with Crippen LogP contribution in [0.4, 0.5) is 0 Å². The van der Waals surface area contributed by atoms with Crippen molar-refractivity contribution in [2.24, 2.45) is 0 Å². The van der Waals surface area contributed by atoms with Crippen LogP contribution in [0, 0.1) is 0 Å². The van der Waals surface area contributed by atoms with E-state index in [1.807, 2.05) is 0 Å². The van der Waals surface area contributed by atoms with Gasteiger partial charge in [0.15, 0.2) is 0 Å². The zero-order valence-electron chi connectivity index (χ0n) is 16.8. The Balaban J connectivity index is 1.48. The lowest BCUT2D eigenvalue weighted by Crippen LogP contribution is -2.34. The Labute approximate surface area is 171 Å². The number of carboxylic acids is 1. The van der Waals surface area contributed by atoms with Crippen LogP contribution < -0.4 is 5.32 Å². The Morgan fingerprint density at radius 3 is 1.86 bits per heavy atom. The van der Waals surface area contributed by atoms with Gasteiger partial charge in [-0.3, -0.25) is 24.1 Å². The highest BCUT2D eigenvalue weighted by Gasteiger charge is 2.34. The van der Waals surface area contributed by atoms with Crippen LogP contribution in [-0.4, -0.2) is 46.8 Å². The van der Waals surface area contributed by atoms with Crippen molar-refractivity contribution in [2.45, 2.75) is 64.2 Å². The molecule has 0 spiro atoms. The average Bonchev–Trinajstić information content (AvgIpc) is 2.95. The zero-order chi connectivity index (χ0) is 21.1. The highest BCUT2D eigenvalue weighted by molar-refractivity contribution is 6.21. The van der Waals surface area contributed by atoms with Crippen molar-refractivity contribution in [3.05, 3.63) is 35.4 Å². The monoisotopic (exact) mass is 402 g/mol. The van der Waals surface area contributed by atoms with Crippen molar-refractivity contribution < 1.29 is 24.3 Å². The van der Waals surface area contributed by atoms with Crippen LogP contribution in [0.15, 0.2) is 24.3 Å². The van der Waals surface area contributed by atoms with E-state index in [1.165, 1.54) is 0 Å². The predicted octanol–water partition coefficient (Wildman–Crippen LogP) is 3.38. The summed E-state index contributed by atoms with van der Waals surface area (Å²) in [5, 5.41) is 11.4. The third-order valence-corrected chi connectivity index (χ3v) is 5.08. The minimum absolute atomic E-state index is 0.0973. The predicted molar refractivity (Wildman–Crippen MR) is 109 cm³/mol. The van der Waals surface area contributed by atoms with Gasteiger partial charge in [0.1, 0.15) is 0 Å². The third kappa shape index (κ3) is 7.33. The maximum Gasteiger partial charge on any atom is 0.303 e. The van der Waals surface area contributed by atoms with Crippen LogP contribution in [0.1, 0.15) is 84.9 Å². The van der Waals surface area contributed by atoms with Gasteiger partial charge in [-0.25, -0.2) is 0 Å². The lowest BCUT2D eigenvalue weighted by atomic mass is 10.1.